The zero-order valence-electron chi connectivity index (χ0n) is 30.8. The maximum atomic E-state index is 4.10. The largest absolute Gasteiger partial charge is 0.310 e. The van der Waals surface area contributed by atoms with Gasteiger partial charge in [0.2, 0.25) is 0 Å². The van der Waals surface area contributed by atoms with Gasteiger partial charge in [-0.25, -0.2) is 0 Å². The van der Waals surface area contributed by atoms with Crippen LogP contribution in [0.25, 0.3) is 49.7 Å². The average Bonchev–Trinajstić information content (AvgIpc) is 3.72. The number of allylic oxidation sites excluding steroid dienone is 5. The van der Waals surface area contributed by atoms with Crippen molar-refractivity contribution in [2.24, 2.45) is 0 Å². The summed E-state index contributed by atoms with van der Waals surface area (Å²) in [5, 5.41) is 2.57. The monoisotopic (exact) mass is 701 g/mol. The highest BCUT2D eigenvalue weighted by Gasteiger charge is 2.52. The molecule has 0 aromatic heterocycles. The number of fused-ring (bicyclic) bond motifs is 12. The van der Waals surface area contributed by atoms with Gasteiger partial charge in [-0.3, -0.25) is 0 Å². The highest BCUT2D eigenvalue weighted by Crippen LogP contribution is 2.64. The van der Waals surface area contributed by atoms with Crippen LogP contribution in [0.5, 0.6) is 0 Å². The van der Waals surface area contributed by atoms with Crippen LogP contribution in [0.4, 0.5) is 17.1 Å². The van der Waals surface area contributed by atoms with Gasteiger partial charge in [0.15, 0.2) is 0 Å². The summed E-state index contributed by atoms with van der Waals surface area (Å²) in [6.45, 7) is 6.13. The zero-order valence-corrected chi connectivity index (χ0v) is 30.8. The molecule has 260 valence electrons. The van der Waals surface area contributed by atoms with Crippen molar-refractivity contribution in [2.45, 2.75) is 12.3 Å². The maximum Gasteiger partial charge on any atom is 0.0726 e. The number of rotatable bonds is 7. The van der Waals surface area contributed by atoms with Gasteiger partial charge in [-0.05, 0) is 121 Å². The van der Waals surface area contributed by atoms with Crippen LogP contribution in [0.15, 0.2) is 213 Å². The van der Waals surface area contributed by atoms with E-state index >= 15 is 0 Å². The molecule has 1 nitrogen and oxygen atoms in total. The summed E-state index contributed by atoms with van der Waals surface area (Å²) >= 11 is 0. The summed E-state index contributed by atoms with van der Waals surface area (Å²) in [6, 6.07) is 67.3. The third kappa shape index (κ3) is 5.01. The van der Waals surface area contributed by atoms with E-state index in [-0.39, 0.29) is 0 Å². The molecule has 0 bridgehead atoms. The molecule has 55 heavy (non-hydrogen) atoms. The standard InChI is InChI=1S/C54H39N/c1-3-5-15-37(4-2)39-24-29-42(30-25-39)55(43-31-26-40(27-32-43)38-16-7-6-8-17-38)44-33-34-47-46-20-11-13-22-49(46)54(52(47)36-44)50-23-14-12-21-48(50)53-45-19-10-9-18-41(45)28-35-51(53)54/h3-36H,2H2,1H3/b5-3-,37-15+. The van der Waals surface area contributed by atoms with Gasteiger partial charge in [0, 0.05) is 17.1 Å². The van der Waals surface area contributed by atoms with Gasteiger partial charge < -0.3 is 4.90 Å². The molecule has 1 spiro atoms. The summed E-state index contributed by atoms with van der Waals surface area (Å²) in [7, 11) is 0. The van der Waals surface area contributed by atoms with E-state index in [1.54, 1.807) is 0 Å². The SMILES string of the molecule is C=C/C(=C\C=C/C)c1ccc(N(c2ccc(-c3ccccc3)cc2)c2ccc3c(c2)C2(c4ccccc4-3)c3ccccc3-c3c2ccc2ccccc32)cc1. The lowest BCUT2D eigenvalue weighted by Crippen LogP contribution is -2.26. The van der Waals surface area contributed by atoms with E-state index in [2.05, 4.69) is 206 Å². The average molecular weight is 702 g/mol. The van der Waals surface area contributed by atoms with Crippen LogP contribution in [-0.2, 0) is 5.41 Å². The second kappa shape index (κ2) is 13.2. The topological polar surface area (TPSA) is 3.24 Å². The van der Waals surface area contributed by atoms with E-state index in [4.69, 9.17) is 0 Å². The molecule has 0 saturated carbocycles. The minimum atomic E-state index is -0.457. The predicted molar refractivity (Wildman–Crippen MR) is 233 cm³/mol. The first-order valence-corrected chi connectivity index (χ1v) is 19.1. The van der Waals surface area contributed by atoms with Crippen molar-refractivity contribution in [2.75, 3.05) is 4.90 Å². The molecule has 10 rings (SSSR count). The molecular weight excluding hydrogens is 663 g/mol. The minimum Gasteiger partial charge on any atom is -0.310 e. The summed E-state index contributed by atoms with van der Waals surface area (Å²) < 4.78 is 0. The molecule has 0 radical (unpaired) electrons. The van der Waals surface area contributed by atoms with Crippen LogP contribution < -0.4 is 4.90 Å². The Balaban J connectivity index is 1.20. The summed E-state index contributed by atoms with van der Waals surface area (Å²) in [6.07, 6.45) is 8.14. The molecule has 0 N–H and O–H groups in total. The van der Waals surface area contributed by atoms with Gasteiger partial charge >= 0.3 is 0 Å². The van der Waals surface area contributed by atoms with E-state index in [1.165, 1.54) is 66.4 Å². The Bertz CT molecular complexity index is 2820. The van der Waals surface area contributed by atoms with Gasteiger partial charge in [-0.1, -0.05) is 176 Å². The smallest absolute Gasteiger partial charge is 0.0726 e. The van der Waals surface area contributed by atoms with E-state index < -0.39 is 5.41 Å². The van der Waals surface area contributed by atoms with Crippen molar-refractivity contribution in [3.05, 3.63) is 241 Å². The Morgan fingerprint density at radius 1 is 0.509 bits per heavy atom. The Labute approximate surface area is 323 Å². The lowest BCUT2D eigenvalue weighted by molar-refractivity contribution is 0.794. The molecule has 2 aliphatic rings. The summed E-state index contributed by atoms with van der Waals surface area (Å²) in [5.74, 6) is 0. The Kier molecular flexibility index (Phi) is 7.82. The molecule has 1 unspecified atom stereocenters. The molecular formula is C54H39N. The molecule has 8 aromatic carbocycles. The number of nitrogens with zero attached hydrogens (tertiary/aromatic N) is 1. The molecule has 2 aliphatic carbocycles. The molecule has 0 heterocycles. The van der Waals surface area contributed by atoms with Crippen LogP contribution in [0.3, 0.4) is 0 Å². The second-order valence-corrected chi connectivity index (χ2v) is 14.4. The fraction of sp³-hybridized carbons (Fsp3) is 0.0370. The zero-order chi connectivity index (χ0) is 36.9. The first-order chi connectivity index (χ1) is 27.2. The van der Waals surface area contributed by atoms with Crippen molar-refractivity contribution >= 4 is 33.4 Å². The molecule has 1 heteroatoms. The third-order valence-corrected chi connectivity index (χ3v) is 11.6. The fourth-order valence-electron chi connectivity index (χ4n) is 9.20. The van der Waals surface area contributed by atoms with Gasteiger partial charge in [-0.15, -0.1) is 0 Å². The number of anilines is 3. The minimum absolute atomic E-state index is 0.457. The molecule has 0 fully saturated rings. The third-order valence-electron chi connectivity index (χ3n) is 11.6. The van der Waals surface area contributed by atoms with E-state index in [9.17, 15) is 0 Å². The number of hydrogen-bond donors (Lipinski definition) is 0. The molecule has 0 amide bonds. The second-order valence-electron chi connectivity index (χ2n) is 14.4. The van der Waals surface area contributed by atoms with Gasteiger partial charge in [0.25, 0.3) is 0 Å². The molecule has 0 saturated heterocycles. The lowest BCUT2D eigenvalue weighted by atomic mass is 9.70. The summed E-state index contributed by atoms with van der Waals surface area (Å²) in [5.41, 5.74) is 18.1. The molecule has 8 aromatic rings. The molecule has 1 atom stereocenters. The number of benzene rings is 8. The van der Waals surface area contributed by atoms with Crippen molar-refractivity contribution in [3.8, 4) is 33.4 Å². The van der Waals surface area contributed by atoms with Crippen molar-refractivity contribution in [1.82, 2.24) is 0 Å². The first kappa shape index (κ1) is 32.7. The van der Waals surface area contributed by atoms with Crippen LogP contribution in [-0.4, -0.2) is 0 Å². The Morgan fingerprint density at radius 2 is 1.11 bits per heavy atom. The van der Waals surface area contributed by atoms with Crippen molar-refractivity contribution in [1.29, 1.82) is 0 Å². The van der Waals surface area contributed by atoms with Crippen LogP contribution >= 0.6 is 0 Å². The van der Waals surface area contributed by atoms with Gasteiger partial charge in [-0.2, -0.15) is 0 Å². The van der Waals surface area contributed by atoms with Crippen molar-refractivity contribution in [3.63, 3.8) is 0 Å². The summed E-state index contributed by atoms with van der Waals surface area (Å²) in [4.78, 5) is 2.40. The fourth-order valence-corrected chi connectivity index (χ4v) is 9.20. The highest BCUT2D eigenvalue weighted by atomic mass is 15.1. The van der Waals surface area contributed by atoms with Gasteiger partial charge in [0.05, 0.1) is 5.41 Å². The van der Waals surface area contributed by atoms with Crippen LogP contribution in [0, 0.1) is 0 Å². The van der Waals surface area contributed by atoms with E-state index in [0.29, 0.717) is 0 Å². The predicted octanol–water partition coefficient (Wildman–Crippen LogP) is 14.5. The van der Waals surface area contributed by atoms with E-state index in [0.717, 1.165) is 28.2 Å². The maximum absolute atomic E-state index is 4.10. The Hall–Kier alpha value is -6.96. The van der Waals surface area contributed by atoms with Crippen molar-refractivity contribution < 1.29 is 0 Å². The van der Waals surface area contributed by atoms with Crippen LogP contribution in [0.1, 0.15) is 34.7 Å². The van der Waals surface area contributed by atoms with Crippen LogP contribution in [0.2, 0.25) is 0 Å². The number of hydrogen-bond acceptors (Lipinski definition) is 1. The highest BCUT2D eigenvalue weighted by molar-refractivity contribution is 6.06. The first-order valence-electron chi connectivity index (χ1n) is 19.1. The Morgan fingerprint density at radius 3 is 1.85 bits per heavy atom. The quantitative estimate of drug-likeness (QED) is 0.150. The lowest BCUT2D eigenvalue weighted by Gasteiger charge is -2.32. The van der Waals surface area contributed by atoms with E-state index in [1.807, 2.05) is 19.1 Å². The normalized spacial score (nSPS) is 15.2. The molecule has 0 aliphatic heterocycles. The van der Waals surface area contributed by atoms with Gasteiger partial charge in [0.1, 0.15) is 0 Å².